The number of rotatable bonds is 8. The molecule has 6 heteroatoms. The fourth-order valence-corrected chi connectivity index (χ4v) is 4.84. The Morgan fingerprint density at radius 3 is 2.45 bits per heavy atom. The first-order valence-corrected chi connectivity index (χ1v) is 11.8. The van der Waals surface area contributed by atoms with Crippen LogP contribution in [0.2, 0.25) is 0 Å². The highest BCUT2D eigenvalue weighted by molar-refractivity contribution is 5.80. The van der Waals surface area contributed by atoms with Gasteiger partial charge in [0.15, 0.2) is 5.96 Å². The molecule has 6 nitrogen and oxygen atoms in total. The van der Waals surface area contributed by atoms with Gasteiger partial charge in [0.05, 0.1) is 18.3 Å². The summed E-state index contributed by atoms with van der Waals surface area (Å²) in [5.74, 6) is 1.85. The summed E-state index contributed by atoms with van der Waals surface area (Å²) in [5.41, 5.74) is 3.80. The molecule has 0 bridgehead atoms. The summed E-state index contributed by atoms with van der Waals surface area (Å²) in [5, 5.41) is 8.20. The maximum absolute atomic E-state index is 6.25. The summed E-state index contributed by atoms with van der Waals surface area (Å²) in [6.07, 6.45) is 10.1. The minimum absolute atomic E-state index is 0.423. The summed E-state index contributed by atoms with van der Waals surface area (Å²) in [4.78, 5) is 7.42. The van der Waals surface area contributed by atoms with E-state index in [-0.39, 0.29) is 0 Å². The highest BCUT2D eigenvalue weighted by Crippen LogP contribution is 2.26. The van der Waals surface area contributed by atoms with Gasteiger partial charge in [-0.2, -0.15) is 5.10 Å². The summed E-state index contributed by atoms with van der Waals surface area (Å²) in [6.45, 7) is 11.1. The Morgan fingerprint density at radius 1 is 1.10 bits per heavy atom. The SMILES string of the molecule is CCNC(=NCc1c(CC)nn(C)c1CC)N1CCC(OCC2CCCC2)CC1. The maximum atomic E-state index is 6.25. The van der Waals surface area contributed by atoms with Crippen LogP contribution < -0.4 is 5.32 Å². The lowest BCUT2D eigenvalue weighted by Gasteiger charge is -2.34. The van der Waals surface area contributed by atoms with Gasteiger partial charge in [-0.15, -0.1) is 0 Å². The third-order valence-electron chi connectivity index (χ3n) is 6.53. The molecule has 1 aliphatic heterocycles. The van der Waals surface area contributed by atoms with Gasteiger partial charge in [0.2, 0.25) is 0 Å². The Hall–Kier alpha value is -1.56. The third kappa shape index (κ3) is 5.74. The van der Waals surface area contributed by atoms with Gasteiger partial charge in [-0.25, -0.2) is 4.99 Å². The van der Waals surface area contributed by atoms with E-state index in [1.807, 2.05) is 11.7 Å². The molecule has 1 aromatic rings. The fourth-order valence-electron chi connectivity index (χ4n) is 4.84. The summed E-state index contributed by atoms with van der Waals surface area (Å²) in [7, 11) is 2.05. The van der Waals surface area contributed by atoms with E-state index in [1.165, 1.54) is 42.6 Å². The molecule has 0 amide bonds. The van der Waals surface area contributed by atoms with Crippen molar-refractivity contribution in [1.29, 1.82) is 0 Å². The number of ether oxygens (including phenoxy) is 1. The molecular weight excluding hydrogens is 362 g/mol. The fraction of sp³-hybridized carbons (Fsp3) is 0.826. The van der Waals surface area contributed by atoms with Crippen molar-refractivity contribution >= 4 is 5.96 Å². The second-order valence-corrected chi connectivity index (χ2v) is 8.54. The van der Waals surface area contributed by atoms with Crippen LogP contribution in [0.25, 0.3) is 0 Å². The van der Waals surface area contributed by atoms with Crippen LogP contribution in [0.1, 0.15) is 76.2 Å². The van der Waals surface area contributed by atoms with E-state index in [0.717, 1.165) is 63.8 Å². The largest absolute Gasteiger partial charge is 0.378 e. The van der Waals surface area contributed by atoms with Gasteiger partial charge >= 0.3 is 0 Å². The number of nitrogens with one attached hydrogen (secondary N) is 1. The molecule has 0 unspecified atom stereocenters. The first kappa shape index (κ1) is 22.1. The zero-order chi connectivity index (χ0) is 20.6. The van der Waals surface area contributed by atoms with Gasteiger partial charge in [-0.1, -0.05) is 26.7 Å². The van der Waals surface area contributed by atoms with Crippen molar-refractivity contribution in [2.45, 2.75) is 84.8 Å². The van der Waals surface area contributed by atoms with Crippen molar-refractivity contribution in [3.63, 3.8) is 0 Å². The van der Waals surface area contributed by atoms with Crippen molar-refractivity contribution in [3.05, 3.63) is 17.0 Å². The van der Waals surface area contributed by atoms with E-state index in [2.05, 4.69) is 31.0 Å². The van der Waals surface area contributed by atoms with Gasteiger partial charge in [-0.05, 0) is 51.4 Å². The molecular formula is C23H41N5O. The molecule has 2 heterocycles. The average molecular weight is 404 g/mol. The number of aliphatic imine (C=N–C) groups is 1. The van der Waals surface area contributed by atoms with Crippen LogP contribution >= 0.6 is 0 Å². The number of guanidine groups is 1. The molecule has 1 aliphatic carbocycles. The molecule has 0 spiro atoms. The number of likely N-dealkylation sites (tertiary alicyclic amines) is 1. The Balaban J connectivity index is 1.57. The zero-order valence-electron chi connectivity index (χ0n) is 19.0. The minimum atomic E-state index is 0.423. The number of aryl methyl sites for hydroxylation is 2. The molecule has 1 saturated heterocycles. The first-order chi connectivity index (χ1) is 14.2. The average Bonchev–Trinajstić information content (AvgIpc) is 3.37. The minimum Gasteiger partial charge on any atom is -0.378 e. The Morgan fingerprint density at radius 2 is 1.83 bits per heavy atom. The van der Waals surface area contributed by atoms with Crippen LogP contribution in [-0.4, -0.2) is 53.0 Å². The standard InChI is InChI=1S/C23H41N5O/c1-5-21-20(22(6-2)27(4)26-21)16-25-23(24-7-3)28-14-12-19(13-15-28)29-17-18-10-8-9-11-18/h18-19H,5-17H2,1-4H3,(H,24,25). The van der Waals surface area contributed by atoms with Crippen LogP contribution in [0.15, 0.2) is 4.99 Å². The van der Waals surface area contributed by atoms with E-state index in [0.29, 0.717) is 12.6 Å². The van der Waals surface area contributed by atoms with Crippen molar-refractivity contribution < 1.29 is 4.74 Å². The molecule has 29 heavy (non-hydrogen) atoms. The molecule has 1 aromatic heterocycles. The topological polar surface area (TPSA) is 54.7 Å². The highest BCUT2D eigenvalue weighted by atomic mass is 16.5. The smallest absolute Gasteiger partial charge is 0.194 e. The molecule has 3 rings (SSSR count). The number of hydrogen-bond donors (Lipinski definition) is 1. The van der Waals surface area contributed by atoms with Crippen molar-refractivity contribution in [2.24, 2.45) is 18.0 Å². The van der Waals surface area contributed by atoms with E-state index < -0.39 is 0 Å². The highest BCUT2D eigenvalue weighted by Gasteiger charge is 2.24. The first-order valence-electron chi connectivity index (χ1n) is 11.8. The third-order valence-corrected chi connectivity index (χ3v) is 6.53. The molecule has 164 valence electrons. The molecule has 2 fully saturated rings. The lowest BCUT2D eigenvalue weighted by Crippen LogP contribution is -2.47. The van der Waals surface area contributed by atoms with Crippen LogP contribution in [0.5, 0.6) is 0 Å². The van der Waals surface area contributed by atoms with E-state index in [4.69, 9.17) is 14.8 Å². The van der Waals surface area contributed by atoms with Crippen LogP contribution in [0, 0.1) is 5.92 Å². The molecule has 2 aliphatic rings. The Bertz CT molecular complexity index is 654. The number of piperidine rings is 1. The van der Waals surface area contributed by atoms with Gasteiger partial charge in [0, 0.05) is 44.5 Å². The molecule has 0 atom stereocenters. The zero-order valence-corrected chi connectivity index (χ0v) is 19.0. The van der Waals surface area contributed by atoms with Crippen LogP contribution in [0.4, 0.5) is 0 Å². The van der Waals surface area contributed by atoms with E-state index in [1.54, 1.807) is 0 Å². The van der Waals surface area contributed by atoms with Gasteiger partial charge in [0.1, 0.15) is 0 Å². The Labute approximate surface area is 177 Å². The van der Waals surface area contributed by atoms with Crippen molar-refractivity contribution in [3.8, 4) is 0 Å². The second kappa shape index (κ2) is 11.0. The predicted molar refractivity (Wildman–Crippen MR) is 119 cm³/mol. The number of aromatic nitrogens is 2. The van der Waals surface area contributed by atoms with Gasteiger partial charge in [-0.3, -0.25) is 4.68 Å². The Kier molecular flexibility index (Phi) is 8.40. The second-order valence-electron chi connectivity index (χ2n) is 8.54. The quantitative estimate of drug-likeness (QED) is 0.531. The van der Waals surface area contributed by atoms with Crippen molar-refractivity contribution in [2.75, 3.05) is 26.2 Å². The number of nitrogens with zero attached hydrogens (tertiary/aromatic N) is 4. The van der Waals surface area contributed by atoms with E-state index in [9.17, 15) is 0 Å². The lowest BCUT2D eigenvalue weighted by molar-refractivity contribution is 0.00101. The number of hydrogen-bond acceptors (Lipinski definition) is 3. The summed E-state index contributed by atoms with van der Waals surface area (Å²) in [6, 6.07) is 0. The van der Waals surface area contributed by atoms with E-state index >= 15 is 0 Å². The predicted octanol–water partition coefficient (Wildman–Crippen LogP) is 3.68. The van der Waals surface area contributed by atoms with Crippen LogP contribution in [-0.2, 0) is 31.2 Å². The normalized spacial score (nSPS) is 19.3. The monoisotopic (exact) mass is 403 g/mol. The molecule has 1 saturated carbocycles. The maximum Gasteiger partial charge on any atom is 0.194 e. The van der Waals surface area contributed by atoms with Crippen LogP contribution in [0.3, 0.4) is 0 Å². The van der Waals surface area contributed by atoms with Gasteiger partial charge < -0.3 is 15.0 Å². The molecule has 0 radical (unpaired) electrons. The molecule has 1 N–H and O–H groups in total. The van der Waals surface area contributed by atoms with Crippen molar-refractivity contribution in [1.82, 2.24) is 20.0 Å². The molecule has 0 aromatic carbocycles. The summed E-state index contributed by atoms with van der Waals surface area (Å²) < 4.78 is 8.28. The summed E-state index contributed by atoms with van der Waals surface area (Å²) >= 11 is 0. The lowest BCUT2D eigenvalue weighted by atomic mass is 10.1. The van der Waals surface area contributed by atoms with Gasteiger partial charge in [0.25, 0.3) is 0 Å².